The molecule has 1 amide bonds. The Kier molecular flexibility index (Phi) is 8.05. The van der Waals surface area contributed by atoms with Gasteiger partial charge in [0.15, 0.2) is 0 Å². The number of sulfonamides is 1. The molecule has 0 radical (unpaired) electrons. The first-order valence-corrected chi connectivity index (χ1v) is 10.7. The monoisotopic (exact) mass is 417 g/mol. The lowest BCUT2D eigenvalue weighted by atomic mass is 9.97. The van der Waals surface area contributed by atoms with Crippen molar-refractivity contribution in [2.24, 2.45) is 5.92 Å². The maximum absolute atomic E-state index is 12.5. The van der Waals surface area contributed by atoms with Crippen LogP contribution in [0, 0.1) is 5.92 Å². The standard InChI is InChI=1S/C18H27N3O4S.ClH/c1-2-19-10-14-5-7-21(8-6-14)18(22)11-20-26(23,24)17-4-3-15-12-25-13-16(15)9-17;/h3-4,9,14,19-20H,2,5-8,10-13H2,1H3;1H. The molecule has 2 N–H and O–H groups in total. The Hall–Kier alpha value is -1.19. The molecule has 27 heavy (non-hydrogen) atoms. The highest BCUT2D eigenvalue weighted by Gasteiger charge is 2.24. The van der Waals surface area contributed by atoms with Gasteiger partial charge in [0.1, 0.15) is 0 Å². The minimum atomic E-state index is -3.70. The fourth-order valence-electron chi connectivity index (χ4n) is 3.40. The van der Waals surface area contributed by atoms with Crippen molar-refractivity contribution in [1.82, 2.24) is 14.9 Å². The summed E-state index contributed by atoms with van der Waals surface area (Å²) in [5, 5.41) is 3.34. The number of carbonyl (C=O) groups is 1. The van der Waals surface area contributed by atoms with E-state index in [1.54, 1.807) is 23.1 Å². The molecule has 0 bridgehead atoms. The van der Waals surface area contributed by atoms with Crippen LogP contribution in [0.25, 0.3) is 0 Å². The summed E-state index contributed by atoms with van der Waals surface area (Å²) < 4.78 is 32.7. The number of amides is 1. The first-order chi connectivity index (χ1) is 12.5. The number of likely N-dealkylation sites (tertiary alicyclic amines) is 1. The predicted octanol–water partition coefficient (Wildman–Crippen LogP) is 1.26. The summed E-state index contributed by atoms with van der Waals surface area (Å²) in [6.45, 7) is 6.14. The molecule has 0 aromatic heterocycles. The van der Waals surface area contributed by atoms with Crippen molar-refractivity contribution in [3.8, 4) is 0 Å². The van der Waals surface area contributed by atoms with E-state index < -0.39 is 10.0 Å². The number of hydrogen-bond acceptors (Lipinski definition) is 5. The lowest BCUT2D eigenvalue weighted by Gasteiger charge is -2.32. The predicted molar refractivity (Wildman–Crippen MR) is 105 cm³/mol. The van der Waals surface area contributed by atoms with Crippen LogP contribution in [0.15, 0.2) is 23.1 Å². The van der Waals surface area contributed by atoms with E-state index in [0.29, 0.717) is 32.2 Å². The quantitative estimate of drug-likeness (QED) is 0.697. The van der Waals surface area contributed by atoms with E-state index in [1.165, 1.54) is 0 Å². The second-order valence-corrected chi connectivity index (χ2v) is 8.65. The van der Waals surface area contributed by atoms with Gasteiger partial charge in [-0.3, -0.25) is 4.79 Å². The molecule has 1 fully saturated rings. The summed E-state index contributed by atoms with van der Waals surface area (Å²) in [4.78, 5) is 14.3. The summed E-state index contributed by atoms with van der Waals surface area (Å²) in [6.07, 6.45) is 1.91. The van der Waals surface area contributed by atoms with Gasteiger partial charge in [0.05, 0.1) is 24.7 Å². The van der Waals surface area contributed by atoms with Crippen molar-refractivity contribution >= 4 is 28.3 Å². The van der Waals surface area contributed by atoms with Crippen molar-refractivity contribution in [2.45, 2.75) is 37.9 Å². The fraction of sp³-hybridized carbons (Fsp3) is 0.611. The van der Waals surface area contributed by atoms with Gasteiger partial charge in [-0.25, -0.2) is 13.1 Å². The molecule has 2 heterocycles. The minimum absolute atomic E-state index is 0. The molecule has 152 valence electrons. The zero-order valence-electron chi connectivity index (χ0n) is 15.6. The molecule has 9 heteroatoms. The molecule has 0 unspecified atom stereocenters. The van der Waals surface area contributed by atoms with E-state index in [1.807, 2.05) is 0 Å². The zero-order chi connectivity index (χ0) is 18.6. The molecule has 1 aromatic carbocycles. The summed E-state index contributed by atoms with van der Waals surface area (Å²) in [5.74, 6) is 0.421. The highest BCUT2D eigenvalue weighted by molar-refractivity contribution is 7.89. The van der Waals surface area contributed by atoms with Crippen LogP contribution in [-0.2, 0) is 32.8 Å². The lowest BCUT2D eigenvalue weighted by Crippen LogP contribution is -2.45. The molecule has 3 rings (SSSR count). The molecule has 7 nitrogen and oxygen atoms in total. The minimum Gasteiger partial charge on any atom is -0.372 e. The second kappa shape index (κ2) is 9.84. The average molecular weight is 418 g/mol. The van der Waals surface area contributed by atoms with E-state index in [-0.39, 0.29) is 29.8 Å². The average Bonchev–Trinajstić information content (AvgIpc) is 3.13. The van der Waals surface area contributed by atoms with Crippen LogP contribution in [0.5, 0.6) is 0 Å². The number of fused-ring (bicyclic) bond motifs is 1. The first-order valence-electron chi connectivity index (χ1n) is 9.17. The van der Waals surface area contributed by atoms with Crippen LogP contribution < -0.4 is 10.0 Å². The van der Waals surface area contributed by atoms with E-state index in [2.05, 4.69) is 17.0 Å². The molecule has 2 aliphatic heterocycles. The van der Waals surface area contributed by atoms with E-state index in [4.69, 9.17) is 4.74 Å². The van der Waals surface area contributed by atoms with E-state index in [0.717, 1.165) is 37.1 Å². The summed E-state index contributed by atoms with van der Waals surface area (Å²) >= 11 is 0. The van der Waals surface area contributed by atoms with Crippen LogP contribution in [0.2, 0.25) is 0 Å². The third kappa shape index (κ3) is 5.65. The summed E-state index contributed by atoms with van der Waals surface area (Å²) in [7, 11) is -3.70. The molecular formula is C18H28ClN3O4S. The molecule has 0 spiro atoms. The van der Waals surface area contributed by atoms with Crippen LogP contribution in [0.1, 0.15) is 30.9 Å². The zero-order valence-corrected chi connectivity index (χ0v) is 17.2. The number of halogens is 1. The van der Waals surface area contributed by atoms with Gasteiger partial charge in [0.2, 0.25) is 15.9 Å². The van der Waals surface area contributed by atoms with Gasteiger partial charge in [-0.1, -0.05) is 13.0 Å². The fourth-order valence-corrected chi connectivity index (χ4v) is 4.43. The number of carbonyl (C=O) groups excluding carboxylic acids is 1. The van der Waals surface area contributed by atoms with Gasteiger partial charge < -0.3 is 15.0 Å². The Morgan fingerprint density at radius 3 is 2.63 bits per heavy atom. The first kappa shape index (κ1) is 22.1. The van der Waals surface area contributed by atoms with Gasteiger partial charge in [-0.15, -0.1) is 12.4 Å². The highest BCUT2D eigenvalue weighted by atomic mass is 35.5. The molecule has 1 aromatic rings. The molecular weight excluding hydrogens is 390 g/mol. The van der Waals surface area contributed by atoms with Crippen molar-refractivity contribution in [1.29, 1.82) is 0 Å². The van der Waals surface area contributed by atoms with Gasteiger partial charge in [-0.2, -0.15) is 0 Å². The SMILES string of the molecule is CCNCC1CCN(C(=O)CNS(=O)(=O)c2ccc3c(c2)COC3)CC1.Cl. The number of nitrogens with zero attached hydrogens (tertiary/aromatic N) is 1. The molecule has 0 atom stereocenters. The Balaban J connectivity index is 0.00000261. The number of hydrogen-bond donors (Lipinski definition) is 2. The van der Waals surface area contributed by atoms with Gasteiger partial charge in [-0.05, 0) is 55.1 Å². The van der Waals surface area contributed by atoms with E-state index in [9.17, 15) is 13.2 Å². The molecule has 0 saturated carbocycles. The van der Waals surface area contributed by atoms with Gasteiger partial charge >= 0.3 is 0 Å². The Labute approximate surface area is 167 Å². The number of ether oxygens (including phenoxy) is 1. The molecule has 1 saturated heterocycles. The van der Waals surface area contributed by atoms with E-state index >= 15 is 0 Å². The normalized spacial score (nSPS) is 17.4. The second-order valence-electron chi connectivity index (χ2n) is 6.88. The Bertz CT molecular complexity index is 749. The summed E-state index contributed by atoms with van der Waals surface area (Å²) in [5.41, 5.74) is 1.91. The number of rotatable bonds is 7. The lowest BCUT2D eigenvalue weighted by molar-refractivity contribution is -0.131. The van der Waals surface area contributed by atoms with Gasteiger partial charge in [0.25, 0.3) is 0 Å². The number of piperidine rings is 1. The van der Waals surface area contributed by atoms with Crippen molar-refractivity contribution in [2.75, 3.05) is 32.7 Å². The maximum Gasteiger partial charge on any atom is 0.241 e. The highest BCUT2D eigenvalue weighted by Crippen LogP contribution is 2.23. The van der Waals surface area contributed by atoms with Gasteiger partial charge in [0, 0.05) is 13.1 Å². The van der Waals surface area contributed by atoms with Crippen LogP contribution in [0.4, 0.5) is 0 Å². The van der Waals surface area contributed by atoms with Crippen LogP contribution >= 0.6 is 12.4 Å². The van der Waals surface area contributed by atoms with Crippen molar-refractivity contribution < 1.29 is 17.9 Å². The Morgan fingerprint density at radius 1 is 1.22 bits per heavy atom. The molecule has 0 aliphatic carbocycles. The smallest absolute Gasteiger partial charge is 0.241 e. The number of nitrogens with one attached hydrogen (secondary N) is 2. The maximum atomic E-state index is 12.5. The van der Waals surface area contributed by atoms with Crippen molar-refractivity contribution in [3.05, 3.63) is 29.3 Å². The third-order valence-electron chi connectivity index (χ3n) is 5.07. The van der Waals surface area contributed by atoms with Crippen LogP contribution in [0.3, 0.4) is 0 Å². The summed E-state index contributed by atoms with van der Waals surface area (Å²) in [6, 6.07) is 4.96. The largest absolute Gasteiger partial charge is 0.372 e. The third-order valence-corrected chi connectivity index (χ3v) is 6.47. The van der Waals surface area contributed by atoms with Crippen molar-refractivity contribution in [3.63, 3.8) is 0 Å². The van der Waals surface area contributed by atoms with Crippen LogP contribution in [-0.4, -0.2) is 51.9 Å². The molecule has 2 aliphatic rings. The Morgan fingerprint density at radius 2 is 1.93 bits per heavy atom. The topological polar surface area (TPSA) is 87.7 Å². The number of benzene rings is 1.